The van der Waals surface area contributed by atoms with E-state index in [1.807, 2.05) is 0 Å². The Balaban J connectivity index is 2.75. The van der Waals surface area contributed by atoms with Crippen molar-refractivity contribution in [1.29, 1.82) is 0 Å². The van der Waals surface area contributed by atoms with Gasteiger partial charge in [0.2, 0.25) is 0 Å². The molecule has 1 unspecified atom stereocenters. The number of benzene rings is 1. The third-order valence-electron chi connectivity index (χ3n) is 2.37. The zero-order chi connectivity index (χ0) is 12.1. The topological polar surface area (TPSA) is 54.4 Å². The SMILES string of the molecule is CC(=O)C(CC(=O)O)Cc1cccc(F)c1. The van der Waals surface area contributed by atoms with Crippen molar-refractivity contribution in [3.8, 4) is 0 Å². The van der Waals surface area contributed by atoms with Crippen molar-refractivity contribution >= 4 is 11.8 Å². The molecule has 1 rings (SSSR count). The Morgan fingerprint density at radius 3 is 2.62 bits per heavy atom. The van der Waals surface area contributed by atoms with Crippen LogP contribution in [0.5, 0.6) is 0 Å². The minimum atomic E-state index is -1.02. The Hall–Kier alpha value is -1.71. The number of ketones is 1. The average molecular weight is 224 g/mol. The van der Waals surface area contributed by atoms with Gasteiger partial charge < -0.3 is 5.11 Å². The molecule has 0 heterocycles. The van der Waals surface area contributed by atoms with Gasteiger partial charge in [-0.3, -0.25) is 9.59 Å². The molecule has 4 heteroatoms. The van der Waals surface area contributed by atoms with Crippen LogP contribution in [0, 0.1) is 11.7 Å². The van der Waals surface area contributed by atoms with Crippen molar-refractivity contribution in [3.63, 3.8) is 0 Å². The quantitative estimate of drug-likeness (QED) is 0.832. The van der Waals surface area contributed by atoms with E-state index < -0.39 is 11.9 Å². The summed E-state index contributed by atoms with van der Waals surface area (Å²) in [6.07, 6.45) is 0.0469. The van der Waals surface area contributed by atoms with Gasteiger partial charge in [-0.1, -0.05) is 12.1 Å². The number of hydrogen-bond acceptors (Lipinski definition) is 2. The number of carbonyl (C=O) groups excluding carboxylic acids is 1. The molecule has 0 spiro atoms. The van der Waals surface area contributed by atoms with Gasteiger partial charge in [0.05, 0.1) is 6.42 Å². The maximum atomic E-state index is 12.9. The normalized spacial score (nSPS) is 12.1. The van der Waals surface area contributed by atoms with Gasteiger partial charge in [-0.25, -0.2) is 4.39 Å². The van der Waals surface area contributed by atoms with Gasteiger partial charge in [0.25, 0.3) is 0 Å². The summed E-state index contributed by atoms with van der Waals surface area (Å²) in [6, 6.07) is 5.85. The van der Waals surface area contributed by atoms with E-state index in [1.54, 1.807) is 12.1 Å². The van der Waals surface area contributed by atoms with Crippen molar-refractivity contribution < 1.29 is 19.1 Å². The molecule has 0 aliphatic rings. The Bertz CT molecular complexity index is 401. The first kappa shape index (κ1) is 12.4. The Morgan fingerprint density at radius 2 is 2.12 bits per heavy atom. The molecule has 0 aliphatic heterocycles. The van der Waals surface area contributed by atoms with E-state index >= 15 is 0 Å². The molecule has 16 heavy (non-hydrogen) atoms. The third-order valence-corrected chi connectivity index (χ3v) is 2.37. The fraction of sp³-hybridized carbons (Fsp3) is 0.333. The van der Waals surface area contributed by atoms with Crippen LogP contribution in [0.15, 0.2) is 24.3 Å². The maximum absolute atomic E-state index is 12.9. The minimum absolute atomic E-state index is 0.188. The summed E-state index contributed by atoms with van der Waals surface area (Å²) >= 11 is 0. The monoisotopic (exact) mass is 224 g/mol. The first-order valence-electron chi connectivity index (χ1n) is 4.95. The average Bonchev–Trinajstić information content (AvgIpc) is 2.15. The maximum Gasteiger partial charge on any atom is 0.304 e. The van der Waals surface area contributed by atoms with E-state index in [1.165, 1.54) is 19.1 Å². The van der Waals surface area contributed by atoms with Crippen LogP contribution in [0.4, 0.5) is 4.39 Å². The summed E-state index contributed by atoms with van der Waals surface area (Å²) in [5.74, 6) is -2.17. The van der Waals surface area contributed by atoms with Crippen LogP contribution in [-0.4, -0.2) is 16.9 Å². The highest BCUT2D eigenvalue weighted by atomic mass is 19.1. The summed E-state index contributed by atoms with van der Waals surface area (Å²) in [4.78, 5) is 21.8. The number of aliphatic carboxylic acids is 1. The summed E-state index contributed by atoms with van der Waals surface area (Å²) in [5.41, 5.74) is 0.640. The van der Waals surface area contributed by atoms with Crippen LogP contribution in [0.25, 0.3) is 0 Å². The van der Waals surface area contributed by atoms with Crippen LogP contribution in [-0.2, 0) is 16.0 Å². The van der Waals surface area contributed by atoms with Gasteiger partial charge in [-0.2, -0.15) is 0 Å². The standard InChI is InChI=1S/C12H13FO3/c1-8(14)10(7-12(15)16)5-9-3-2-4-11(13)6-9/h2-4,6,10H,5,7H2,1H3,(H,15,16). The zero-order valence-corrected chi connectivity index (χ0v) is 8.94. The van der Waals surface area contributed by atoms with E-state index in [0.29, 0.717) is 5.56 Å². The number of carboxylic acid groups (broad SMARTS) is 1. The van der Waals surface area contributed by atoms with Gasteiger partial charge in [-0.05, 0) is 31.0 Å². The van der Waals surface area contributed by atoms with Crippen molar-refractivity contribution in [2.45, 2.75) is 19.8 Å². The van der Waals surface area contributed by atoms with Crippen molar-refractivity contribution in [2.24, 2.45) is 5.92 Å². The second kappa shape index (κ2) is 5.39. The van der Waals surface area contributed by atoms with E-state index in [9.17, 15) is 14.0 Å². The summed E-state index contributed by atoms with van der Waals surface area (Å²) in [7, 11) is 0. The molecular formula is C12H13FO3. The Kier molecular flexibility index (Phi) is 4.17. The lowest BCUT2D eigenvalue weighted by molar-refractivity contribution is -0.140. The summed E-state index contributed by atoms with van der Waals surface area (Å²) in [5, 5.41) is 8.64. The van der Waals surface area contributed by atoms with Crippen LogP contribution in [0.3, 0.4) is 0 Å². The van der Waals surface area contributed by atoms with E-state index in [2.05, 4.69) is 0 Å². The lowest BCUT2D eigenvalue weighted by atomic mass is 9.93. The van der Waals surface area contributed by atoms with Crippen LogP contribution < -0.4 is 0 Å². The van der Waals surface area contributed by atoms with Crippen molar-refractivity contribution in [3.05, 3.63) is 35.6 Å². The largest absolute Gasteiger partial charge is 0.481 e. The molecule has 1 atom stereocenters. The first-order chi connectivity index (χ1) is 7.49. The first-order valence-corrected chi connectivity index (χ1v) is 4.95. The predicted octanol–water partition coefficient (Wildman–Crippen LogP) is 2.05. The Labute approximate surface area is 92.9 Å². The van der Waals surface area contributed by atoms with Gasteiger partial charge in [0, 0.05) is 5.92 Å². The highest BCUT2D eigenvalue weighted by Gasteiger charge is 2.18. The predicted molar refractivity (Wildman–Crippen MR) is 56.5 cm³/mol. The lowest BCUT2D eigenvalue weighted by Gasteiger charge is -2.11. The molecule has 0 aliphatic carbocycles. The second-order valence-corrected chi connectivity index (χ2v) is 3.74. The lowest BCUT2D eigenvalue weighted by Crippen LogP contribution is -2.18. The van der Waals surface area contributed by atoms with Crippen LogP contribution in [0.2, 0.25) is 0 Å². The number of Topliss-reactive ketones (excluding diaryl/α,β-unsaturated/α-hetero) is 1. The van der Waals surface area contributed by atoms with Crippen molar-refractivity contribution in [1.82, 2.24) is 0 Å². The van der Waals surface area contributed by atoms with Crippen LogP contribution >= 0.6 is 0 Å². The number of halogens is 1. The molecule has 0 amide bonds. The third kappa shape index (κ3) is 3.81. The fourth-order valence-electron chi connectivity index (χ4n) is 1.52. The molecule has 0 aromatic heterocycles. The minimum Gasteiger partial charge on any atom is -0.481 e. The Morgan fingerprint density at radius 1 is 1.44 bits per heavy atom. The molecule has 3 nitrogen and oxygen atoms in total. The van der Waals surface area contributed by atoms with E-state index in [0.717, 1.165) is 0 Å². The molecule has 0 radical (unpaired) electrons. The van der Waals surface area contributed by atoms with Gasteiger partial charge >= 0.3 is 5.97 Å². The zero-order valence-electron chi connectivity index (χ0n) is 8.94. The molecular weight excluding hydrogens is 211 g/mol. The number of carboxylic acids is 1. The highest BCUT2D eigenvalue weighted by Crippen LogP contribution is 2.14. The number of hydrogen-bond donors (Lipinski definition) is 1. The molecule has 1 N–H and O–H groups in total. The second-order valence-electron chi connectivity index (χ2n) is 3.74. The molecule has 1 aromatic rings. The molecule has 0 saturated carbocycles. The van der Waals surface area contributed by atoms with Gasteiger partial charge in [-0.15, -0.1) is 0 Å². The molecule has 0 fully saturated rings. The summed E-state index contributed by atoms with van der Waals surface area (Å²) in [6.45, 7) is 1.35. The van der Waals surface area contributed by atoms with Gasteiger partial charge in [0.1, 0.15) is 11.6 Å². The van der Waals surface area contributed by atoms with Crippen molar-refractivity contribution in [2.75, 3.05) is 0 Å². The fourth-order valence-corrected chi connectivity index (χ4v) is 1.52. The smallest absolute Gasteiger partial charge is 0.304 e. The molecule has 86 valence electrons. The highest BCUT2D eigenvalue weighted by molar-refractivity contribution is 5.83. The molecule has 0 bridgehead atoms. The number of rotatable bonds is 5. The van der Waals surface area contributed by atoms with Gasteiger partial charge in [0.15, 0.2) is 0 Å². The van der Waals surface area contributed by atoms with Crippen LogP contribution in [0.1, 0.15) is 18.9 Å². The molecule has 1 aromatic carbocycles. The van der Waals surface area contributed by atoms with E-state index in [4.69, 9.17) is 5.11 Å². The van der Waals surface area contributed by atoms with E-state index in [-0.39, 0.29) is 24.4 Å². The summed E-state index contributed by atoms with van der Waals surface area (Å²) < 4.78 is 12.9. The molecule has 0 saturated heterocycles. The number of carbonyl (C=O) groups is 2.